The summed E-state index contributed by atoms with van der Waals surface area (Å²) in [5, 5.41) is 0. The lowest BCUT2D eigenvalue weighted by atomic mass is 10.1. The highest BCUT2D eigenvalue weighted by atomic mass is 16.1. The molecule has 0 unspecified atom stereocenters. The lowest BCUT2D eigenvalue weighted by Gasteiger charge is -1.90. The van der Waals surface area contributed by atoms with Crippen LogP contribution in [-0.4, -0.2) is 6.29 Å². The molecule has 0 aromatic heterocycles. The van der Waals surface area contributed by atoms with Gasteiger partial charge < -0.3 is 4.79 Å². The van der Waals surface area contributed by atoms with Gasteiger partial charge in [-0.25, -0.2) is 0 Å². The summed E-state index contributed by atoms with van der Waals surface area (Å²) in [5.74, 6) is 11.5. The van der Waals surface area contributed by atoms with E-state index in [1.165, 1.54) is 0 Å². The van der Waals surface area contributed by atoms with E-state index in [0.29, 0.717) is 6.42 Å². The van der Waals surface area contributed by atoms with Crippen LogP contribution < -0.4 is 0 Å². The van der Waals surface area contributed by atoms with Gasteiger partial charge in [0, 0.05) is 12.8 Å². The Morgan fingerprint density at radius 3 is 2.57 bits per heavy atom. The van der Waals surface area contributed by atoms with Gasteiger partial charge in [-0.3, -0.25) is 0 Å². The average molecular weight is 188 g/mol. The van der Waals surface area contributed by atoms with E-state index in [1.807, 2.05) is 0 Å². The van der Waals surface area contributed by atoms with Crippen molar-refractivity contribution in [3.63, 3.8) is 0 Å². The lowest BCUT2D eigenvalue weighted by Crippen LogP contribution is -1.77. The Morgan fingerprint density at radius 2 is 1.86 bits per heavy atom. The van der Waals surface area contributed by atoms with Gasteiger partial charge >= 0.3 is 0 Å². The Labute approximate surface area is 86.6 Å². The molecule has 0 rings (SSSR count). The molecule has 0 atom stereocenters. The second-order valence-corrected chi connectivity index (χ2v) is 2.81. The molecule has 0 fully saturated rings. The molecule has 0 spiro atoms. The molecule has 0 amide bonds. The number of carbonyl (C=O) groups excluding carboxylic acids is 1. The largest absolute Gasteiger partial charge is 0.303 e. The summed E-state index contributed by atoms with van der Waals surface area (Å²) in [7, 11) is 0. The Kier molecular flexibility index (Phi) is 10.3. The molecule has 0 radical (unpaired) electrons. The standard InChI is InChI=1S/C13H16O/c1-2-3-4-5-6-7-8-9-10-11-12-13-14/h4-5,13H,8-12H2,1H3/b5-4+. The number of unbranched alkanes of at least 4 members (excludes halogenated alkanes) is 4. The minimum atomic E-state index is 0.680. The summed E-state index contributed by atoms with van der Waals surface area (Å²) in [6.45, 7) is 1.80. The first-order valence-electron chi connectivity index (χ1n) is 4.91. The number of hydrogen-bond donors (Lipinski definition) is 0. The molecule has 0 aliphatic carbocycles. The van der Waals surface area contributed by atoms with Crippen LogP contribution in [0.25, 0.3) is 0 Å². The van der Waals surface area contributed by atoms with E-state index in [0.717, 1.165) is 32.0 Å². The Hall–Kier alpha value is -1.47. The van der Waals surface area contributed by atoms with Crippen molar-refractivity contribution in [2.75, 3.05) is 0 Å². The van der Waals surface area contributed by atoms with E-state index < -0.39 is 0 Å². The van der Waals surface area contributed by atoms with Crippen LogP contribution in [0.4, 0.5) is 0 Å². The van der Waals surface area contributed by atoms with Crippen molar-refractivity contribution in [1.29, 1.82) is 0 Å². The van der Waals surface area contributed by atoms with Crippen molar-refractivity contribution in [2.24, 2.45) is 0 Å². The summed E-state index contributed by atoms with van der Waals surface area (Å²) < 4.78 is 0. The number of carbonyl (C=O) groups is 1. The first-order chi connectivity index (χ1) is 6.91. The van der Waals surface area contributed by atoms with Crippen molar-refractivity contribution in [1.82, 2.24) is 0 Å². The van der Waals surface area contributed by atoms with Crippen LogP contribution in [0.5, 0.6) is 0 Å². The van der Waals surface area contributed by atoms with Gasteiger partial charge in [0.1, 0.15) is 6.29 Å². The van der Waals surface area contributed by atoms with Crippen LogP contribution in [0, 0.1) is 23.7 Å². The third-order valence-electron chi connectivity index (χ3n) is 1.62. The van der Waals surface area contributed by atoms with Gasteiger partial charge in [0.05, 0.1) is 0 Å². The van der Waals surface area contributed by atoms with E-state index in [-0.39, 0.29) is 0 Å². The predicted octanol–water partition coefficient (Wildman–Crippen LogP) is 2.72. The third kappa shape index (κ3) is 10.5. The van der Waals surface area contributed by atoms with Crippen LogP contribution in [0.3, 0.4) is 0 Å². The van der Waals surface area contributed by atoms with Gasteiger partial charge in [-0.05, 0) is 31.9 Å². The Morgan fingerprint density at radius 1 is 1.07 bits per heavy atom. The van der Waals surface area contributed by atoms with E-state index in [1.54, 1.807) is 19.1 Å². The molecule has 1 heteroatoms. The highest BCUT2D eigenvalue weighted by Crippen LogP contribution is 2.00. The minimum Gasteiger partial charge on any atom is -0.303 e. The maximum atomic E-state index is 9.99. The lowest BCUT2D eigenvalue weighted by molar-refractivity contribution is -0.107. The van der Waals surface area contributed by atoms with Gasteiger partial charge in [-0.2, -0.15) is 0 Å². The van der Waals surface area contributed by atoms with Crippen molar-refractivity contribution < 1.29 is 4.79 Å². The van der Waals surface area contributed by atoms with Crippen molar-refractivity contribution >= 4 is 6.29 Å². The van der Waals surface area contributed by atoms with E-state index in [9.17, 15) is 4.79 Å². The second-order valence-electron chi connectivity index (χ2n) is 2.81. The summed E-state index contributed by atoms with van der Waals surface area (Å²) in [5.41, 5.74) is 0. The maximum Gasteiger partial charge on any atom is 0.119 e. The minimum absolute atomic E-state index is 0.680. The molecule has 0 aliphatic rings. The van der Waals surface area contributed by atoms with Crippen LogP contribution in [0.2, 0.25) is 0 Å². The van der Waals surface area contributed by atoms with Crippen molar-refractivity contribution in [3.05, 3.63) is 12.2 Å². The molecule has 0 saturated heterocycles. The zero-order chi connectivity index (χ0) is 10.5. The summed E-state index contributed by atoms with van der Waals surface area (Å²) in [6.07, 6.45) is 9.23. The molecule has 0 N–H and O–H groups in total. The average Bonchev–Trinajstić information content (AvgIpc) is 2.21. The molecular formula is C13H16O. The number of rotatable bonds is 5. The van der Waals surface area contributed by atoms with Gasteiger partial charge in [0.25, 0.3) is 0 Å². The van der Waals surface area contributed by atoms with Crippen LogP contribution in [0.1, 0.15) is 39.0 Å². The van der Waals surface area contributed by atoms with E-state index >= 15 is 0 Å². The zero-order valence-corrected chi connectivity index (χ0v) is 8.68. The topological polar surface area (TPSA) is 17.1 Å². The van der Waals surface area contributed by atoms with Gasteiger partial charge in [0.2, 0.25) is 0 Å². The molecule has 14 heavy (non-hydrogen) atoms. The first-order valence-corrected chi connectivity index (χ1v) is 4.91. The molecule has 1 nitrogen and oxygen atoms in total. The molecule has 0 aliphatic heterocycles. The Bertz CT molecular complexity index is 278. The van der Waals surface area contributed by atoms with Gasteiger partial charge in [0.15, 0.2) is 0 Å². The number of allylic oxidation sites excluding steroid dienone is 2. The highest BCUT2D eigenvalue weighted by molar-refractivity contribution is 5.48. The third-order valence-corrected chi connectivity index (χ3v) is 1.62. The fourth-order valence-corrected chi connectivity index (χ4v) is 0.916. The molecule has 0 bridgehead atoms. The fraction of sp³-hybridized carbons (Fsp3) is 0.462. The normalized spacial score (nSPS) is 8.64. The molecule has 0 aromatic carbocycles. The first kappa shape index (κ1) is 12.5. The van der Waals surface area contributed by atoms with Gasteiger partial charge in [-0.15, -0.1) is 5.92 Å². The maximum absolute atomic E-state index is 9.99. The van der Waals surface area contributed by atoms with Crippen molar-refractivity contribution in [2.45, 2.75) is 39.0 Å². The van der Waals surface area contributed by atoms with Crippen LogP contribution in [-0.2, 0) is 4.79 Å². The van der Waals surface area contributed by atoms with E-state index in [4.69, 9.17) is 0 Å². The second kappa shape index (κ2) is 11.5. The Balaban J connectivity index is 3.32. The molecule has 0 heterocycles. The molecule has 0 saturated carbocycles. The SMILES string of the molecule is CC#C/C=C/C#CCCCCCC=O. The van der Waals surface area contributed by atoms with Crippen LogP contribution in [0.15, 0.2) is 12.2 Å². The van der Waals surface area contributed by atoms with Crippen LogP contribution >= 0.6 is 0 Å². The molecule has 74 valence electrons. The number of aldehydes is 1. The smallest absolute Gasteiger partial charge is 0.119 e. The monoisotopic (exact) mass is 188 g/mol. The zero-order valence-electron chi connectivity index (χ0n) is 8.68. The summed E-state index contributed by atoms with van der Waals surface area (Å²) in [4.78, 5) is 9.99. The van der Waals surface area contributed by atoms with Gasteiger partial charge in [-0.1, -0.05) is 24.2 Å². The van der Waals surface area contributed by atoms with E-state index in [2.05, 4.69) is 23.7 Å². The number of hydrogen-bond acceptors (Lipinski definition) is 1. The quantitative estimate of drug-likeness (QED) is 0.368. The highest BCUT2D eigenvalue weighted by Gasteiger charge is 1.85. The summed E-state index contributed by atoms with van der Waals surface area (Å²) in [6, 6.07) is 0. The predicted molar refractivity (Wildman–Crippen MR) is 59.5 cm³/mol. The molecule has 0 aromatic rings. The summed E-state index contributed by atoms with van der Waals surface area (Å²) >= 11 is 0. The molecular weight excluding hydrogens is 172 g/mol. The van der Waals surface area contributed by atoms with Crippen molar-refractivity contribution in [3.8, 4) is 23.7 Å². The fourth-order valence-electron chi connectivity index (χ4n) is 0.916.